The number of hydrogen-bond acceptors (Lipinski definition) is 2. The number of fused-ring (bicyclic) bond motifs is 1. The average molecular weight is 251 g/mol. The first-order valence-corrected chi connectivity index (χ1v) is 7.30. The van der Waals surface area contributed by atoms with Crippen LogP contribution < -0.4 is 11.1 Å². The van der Waals surface area contributed by atoms with Gasteiger partial charge in [-0.15, -0.1) is 0 Å². The second-order valence-electron chi connectivity index (χ2n) is 6.65. The first-order chi connectivity index (χ1) is 8.59. The summed E-state index contributed by atoms with van der Waals surface area (Å²) in [6, 6.07) is 0.881. The molecule has 2 saturated carbocycles. The van der Waals surface area contributed by atoms with Crippen molar-refractivity contribution in [1.82, 2.24) is 5.32 Å². The molecular formula is C14H25N3O. The summed E-state index contributed by atoms with van der Waals surface area (Å²) in [5.41, 5.74) is 6.21. The average Bonchev–Trinajstić information content (AvgIpc) is 2.95. The van der Waals surface area contributed by atoms with E-state index in [0.29, 0.717) is 30.1 Å². The summed E-state index contributed by atoms with van der Waals surface area (Å²) in [4.78, 5) is 4.74. The van der Waals surface area contributed by atoms with Gasteiger partial charge in [-0.05, 0) is 19.3 Å². The summed E-state index contributed by atoms with van der Waals surface area (Å²) in [7, 11) is 0. The molecule has 102 valence electrons. The molecule has 3 N–H and O–H groups in total. The standard InChI is InChI=1S/C14H25N3O/c1-14(2)11(10-7-8-18-12(10)14)17-13(15)16-9-5-3-4-6-9/h9-12H,3-8H2,1-2H3,(H3,15,16,17). The van der Waals surface area contributed by atoms with Gasteiger partial charge in [0.05, 0.1) is 12.1 Å². The van der Waals surface area contributed by atoms with Gasteiger partial charge in [-0.25, -0.2) is 4.99 Å². The molecule has 0 amide bonds. The van der Waals surface area contributed by atoms with Crippen molar-refractivity contribution in [2.75, 3.05) is 6.61 Å². The molecule has 4 heteroatoms. The van der Waals surface area contributed by atoms with E-state index < -0.39 is 0 Å². The van der Waals surface area contributed by atoms with E-state index in [1.54, 1.807) is 0 Å². The molecule has 2 aliphatic carbocycles. The zero-order valence-electron chi connectivity index (χ0n) is 11.5. The second-order valence-corrected chi connectivity index (χ2v) is 6.65. The summed E-state index contributed by atoms with van der Waals surface area (Å²) in [5.74, 6) is 1.23. The Morgan fingerprint density at radius 3 is 2.72 bits per heavy atom. The van der Waals surface area contributed by atoms with Crippen molar-refractivity contribution in [3.63, 3.8) is 0 Å². The minimum Gasteiger partial charge on any atom is -0.377 e. The molecule has 1 heterocycles. The maximum absolute atomic E-state index is 6.07. The first-order valence-electron chi connectivity index (χ1n) is 7.30. The Kier molecular flexibility index (Phi) is 3.00. The van der Waals surface area contributed by atoms with Crippen LogP contribution in [-0.4, -0.2) is 30.8 Å². The number of rotatable bonds is 2. The Labute approximate surface area is 109 Å². The lowest BCUT2D eigenvalue weighted by Crippen LogP contribution is -2.60. The van der Waals surface area contributed by atoms with E-state index in [2.05, 4.69) is 19.2 Å². The van der Waals surface area contributed by atoms with Crippen molar-refractivity contribution < 1.29 is 4.74 Å². The smallest absolute Gasteiger partial charge is 0.189 e. The van der Waals surface area contributed by atoms with Gasteiger partial charge in [-0.1, -0.05) is 26.7 Å². The Bertz CT molecular complexity index is 347. The number of nitrogens with two attached hydrogens (primary N) is 1. The van der Waals surface area contributed by atoms with E-state index in [4.69, 9.17) is 15.5 Å². The molecule has 0 spiro atoms. The van der Waals surface area contributed by atoms with Gasteiger partial charge < -0.3 is 15.8 Å². The zero-order valence-corrected chi connectivity index (χ0v) is 11.5. The highest BCUT2D eigenvalue weighted by atomic mass is 16.5. The molecular weight excluding hydrogens is 226 g/mol. The molecule has 3 unspecified atom stereocenters. The molecule has 0 aromatic rings. The van der Waals surface area contributed by atoms with Crippen LogP contribution in [0.2, 0.25) is 0 Å². The Morgan fingerprint density at radius 2 is 2.00 bits per heavy atom. The lowest BCUT2D eigenvalue weighted by molar-refractivity contribution is -0.0986. The van der Waals surface area contributed by atoms with Crippen molar-refractivity contribution in [3.05, 3.63) is 0 Å². The molecule has 0 aromatic carbocycles. The van der Waals surface area contributed by atoms with Crippen LogP contribution in [0.1, 0.15) is 46.0 Å². The third-order valence-electron chi connectivity index (χ3n) is 5.02. The van der Waals surface area contributed by atoms with E-state index in [1.165, 1.54) is 25.7 Å². The van der Waals surface area contributed by atoms with Crippen molar-refractivity contribution >= 4 is 5.96 Å². The van der Waals surface area contributed by atoms with Crippen molar-refractivity contribution in [3.8, 4) is 0 Å². The summed E-state index contributed by atoms with van der Waals surface area (Å²) in [6.45, 7) is 5.38. The van der Waals surface area contributed by atoms with E-state index in [1.807, 2.05) is 0 Å². The highest BCUT2D eigenvalue weighted by Crippen LogP contribution is 2.53. The van der Waals surface area contributed by atoms with Gasteiger partial charge in [0.15, 0.2) is 5.96 Å². The summed E-state index contributed by atoms with van der Waals surface area (Å²) >= 11 is 0. The number of aliphatic imine (C=N–C) groups is 1. The van der Waals surface area contributed by atoms with E-state index in [0.717, 1.165) is 13.0 Å². The zero-order chi connectivity index (χ0) is 12.8. The number of guanidine groups is 1. The van der Waals surface area contributed by atoms with Crippen LogP contribution in [0.4, 0.5) is 0 Å². The topological polar surface area (TPSA) is 59.6 Å². The first kappa shape index (κ1) is 12.3. The molecule has 3 rings (SSSR count). The van der Waals surface area contributed by atoms with Gasteiger partial charge in [0.25, 0.3) is 0 Å². The summed E-state index contributed by atoms with van der Waals surface area (Å²) in [5, 5.41) is 3.38. The number of nitrogens with zero attached hydrogens (tertiary/aromatic N) is 1. The Hall–Kier alpha value is -0.770. The third kappa shape index (κ3) is 1.91. The highest BCUT2D eigenvalue weighted by molar-refractivity contribution is 5.78. The van der Waals surface area contributed by atoms with Crippen LogP contribution in [0.25, 0.3) is 0 Å². The molecule has 3 atom stereocenters. The molecule has 1 aliphatic heterocycles. The fourth-order valence-electron chi connectivity index (χ4n) is 4.03. The molecule has 0 radical (unpaired) electrons. The van der Waals surface area contributed by atoms with E-state index >= 15 is 0 Å². The minimum absolute atomic E-state index is 0.142. The minimum atomic E-state index is 0.142. The summed E-state index contributed by atoms with van der Waals surface area (Å²) in [6.07, 6.45) is 6.64. The van der Waals surface area contributed by atoms with Crippen LogP contribution in [0.5, 0.6) is 0 Å². The molecule has 3 aliphatic rings. The highest BCUT2D eigenvalue weighted by Gasteiger charge is 2.59. The van der Waals surface area contributed by atoms with Gasteiger partial charge in [-0.3, -0.25) is 0 Å². The quantitative estimate of drug-likeness (QED) is 0.579. The predicted molar refractivity (Wildman–Crippen MR) is 72.4 cm³/mol. The number of hydrogen-bond donors (Lipinski definition) is 2. The molecule has 4 nitrogen and oxygen atoms in total. The molecule has 1 saturated heterocycles. The van der Waals surface area contributed by atoms with E-state index in [-0.39, 0.29) is 5.41 Å². The Balaban J connectivity index is 1.63. The molecule has 0 bridgehead atoms. The molecule has 3 fully saturated rings. The van der Waals surface area contributed by atoms with Gasteiger partial charge in [0, 0.05) is 24.0 Å². The molecule has 18 heavy (non-hydrogen) atoms. The lowest BCUT2D eigenvalue weighted by atomic mass is 9.57. The number of nitrogens with one attached hydrogen (secondary N) is 1. The number of ether oxygens (including phenoxy) is 1. The fourth-order valence-corrected chi connectivity index (χ4v) is 4.03. The Morgan fingerprint density at radius 1 is 1.28 bits per heavy atom. The fraction of sp³-hybridized carbons (Fsp3) is 0.929. The van der Waals surface area contributed by atoms with E-state index in [9.17, 15) is 0 Å². The van der Waals surface area contributed by atoms with Gasteiger partial charge >= 0.3 is 0 Å². The second kappa shape index (κ2) is 4.41. The maximum atomic E-state index is 6.07. The van der Waals surface area contributed by atoms with Crippen LogP contribution in [0.15, 0.2) is 4.99 Å². The van der Waals surface area contributed by atoms with Gasteiger partial charge in [0.1, 0.15) is 0 Å². The lowest BCUT2D eigenvalue weighted by Gasteiger charge is -2.52. The van der Waals surface area contributed by atoms with Gasteiger partial charge in [-0.2, -0.15) is 0 Å². The normalized spacial score (nSPS) is 39.4. The summed E-state index contributed by atoms with van der Waals surface area (Å²) < 4.78 is 5.78. The van der Waals surface area contributed by atoms with Crippen LogP contribution in [0, 0.1) is 11.3 Å². The van der Waals surface area contributed by atoms with Crippen LogP contribution in [-0.2, 0) is 4.74 Å². The largest absolute Gasteiger partial charge is 0.377 e. The monoisotopic (exact) mass is 251 g/mol. The predicted octanol–water partition coefficient (Wildman–Crippen LogP) is 1.65. The van der Waals surface area contributed by atoms with Crippen molar-refractivity contribution in [2.45, 2.75) is 64.1 Å². The third-order valence-corrected chi connectivity index (χ3v) is 5.02. The van der Waals surface area contributed by atoms with Crippen molar-refractivity contribution in [2.24, 2.45) is 22.1 Å². The SMILES string of the molecule is CC1(C)C(N=C(N)NC2CCCC2)C2CCOC21. The van der Waals surface area contributed by atoms with Crippen LogP contribution in [0.3, 0.4) is 0 Å². The molecule has 0 aromatic heterocycles. The van der Waals surface area contributed by atoms with Crippen LogP contribution >= 0.6 is 0 Å². The van der Waals surface area contributed by atoms with Gasteiger partial charge in [0.2, 0.25) is 0 Å². The maximum Gasteiger partial charge on any atom is 0.189 e. The van der Waals surface area contributed by atoms with Crippen molar-refractivity contribution in [1.29, 1.82) is 0 Å².